The average Bonchev–Trinajstić information content (AvgIpc) is 2.70. The molecule has 156 valence electrons. The standard InChI is InChI=1S/C21H24BrNO5S/c1-4-15(3)20(23-29(26,27)18-11-5-14(2)6-12-18)21(25)28-13-19(24)16-7-9-17(22)10-8-16/h5-12,15,20,23H,4,13H2,1-3H3/t15-,20-/m1/s1. The second-order valence-corrected chi connectivity index (χ2v) is 9.46. The zero-order chi connectivity index (χ0) is 21.6. The van der Waals surface area contributed by atoms with E-state index < -0.39 is 28.6 Å². The van der Waals surface area contributed by atoms with Crippen molar-refractivity contribution in [1.29, 1.82) is 0 Å². The van der Waals surface area contributed by atoms with Crippen LogP contribution in [0.3, 0.4) is 0 Å². The van der Waals surface area contributed by atoms with Gasteiger partial charge in [0, 0.05) is 10.0 Å². The molecule has 0 unspecified atom stereocenters. The number of rotatable bonds is 9. The number of benzene rings is 2. The summed E-state index contributed by atoms with van der Waals surface area (Å²) in [5.74, 6) is -1.46. The van der Waals surface area contributed by atoms with Crippen molar-refractivity contribution in [3.63, 3.8) is 0 Å². The highest BCUT2D eigenvalue weighted by Crippen LogP contribution is 2.16. The Morgan fingerprint density at radius 2 is 1.66 bits per heavy atom. The smallest absolute Gasteiger partial charge is 0.324 e. The van der Waals surface area contributed by atoms with Crippen molar-refractivity contribution in [2.24, 2.45) is 5.92 Å². The Morgan fingerprint density at radius 3 is 2.21 bits per heavy atom. The molecule has 0 saturated heterocycles. The van der Waals surface area contributed by atoms with E-state index in [-0.39, 0.29) is 16.6 Å². The van der Waals surface area contributed by atoms with Gasteiger partial charge in [0.25, 0.3) is 0 Å². The minimum Gasteiger partial charge on any atom is -0.456 e. The van der Waals surface area contributed by atoms with Gasteiger partial charge in [-0.2, -0.15) is 4.72 Å². The number of ether oxygens (including phenoxy) is 1. The molecule has 0 aliphatic rings. The molecule has 29 heavy (non-hydrogen) atoms. The topological polar surface area (TPSA) is 89.5 Å². The molecule has 0 amide bonds. The van der Waals surface area contributed by atoms with Gasteiger partial charge in [0.2, 0.25) is 10.0 Å². The fraction of sp³-hybridized carbons (Fsp3) is 0.333. The van der Waals surface area contributed by atoms with E-state index in [4.69, 9.17) is 4.74 Å². The number of sulfonamides is 1. The van der Waals surface area contributed by atoms with Crippen LogP contribution < -0.4 is 4.72 Å². The second kappa shape index (κ2) is 10.1. The van der Waals surface area contributed by atoms with Gasteiger partial charge in [-0.05, 0) is 37.1 Å². The maximum absolute atomic E-state index is 12.7. The minimum absolute atomic E-state index is 0.0649. The Labute approximate surface area is 179 Å². The van der Waals surface area contributed by atoms with E-state index in [2.05, 4.69) is 20.7 Å². The van der Waals surface area contributed by atoms with Gasteiger partial charge in [-0.15, -0.1) is 0 Å². The Kier molecular flexibility index (Phi) is 8.13. The molecule has 1 N–H and O–H groups in total. The third kappa shape index (κ3) is 6.48. The van der Waals surface area contributed by atoms with Gasteiger partial charge in [0.15, 0.2) is 12.4 Å². The molecule has 0 heterocycles. The molecule has 2 aromatic carbocycles. The van der Waals surface area contributed by atoms with Crippen molar-refractivity contribution < 1.29 is 22.7 Å². The number of hydrogen-bond donors (Lipinski definition) is 1. The monoisotopic (exact) mass is 481 g/mol. The number of aryl methyl sites for hydroxylation is 1. The van der Waals surface area contributed by atoms with Gasteiger partial charge in [0.05, 0.1) is 4.90 Å². The van der Waals surface area contributed by atoms with Gasteiger partial charge >= 0.3 is 5.97 Å². The molecule has 0 saturated carbocycles. The van der Waals surface area contributed by atoms with E-state index in [1.165, 1.54) is 12.1 Å². The summed E-state index contributed by atoms with van der Waals surface area (Å²) in [6.45, 7) is 4.99. The lowest BCUT2D eigenvalue weighted by Crippen LogP contribution is -2.46. The molecule has 6 nitrogen and oxygen atoms in total. The first-order valence-electron chi connectivity index (χ1n) is 9.18. The summed E-state index contributed by atoms with van der Waals surface area (Å²) in [5, 5.41) is 0. The number of carbonyl (C=O) groups is 2. The quantitative estimate of drug-likeness (QED) is 0.433. The van der Waals surface area contributed by atoms with Gasteiger partial charge in [-0.25, -0.2) is 8.42 Å². The first kappa shape index (κ1) is 23.3. The van der Waals surface area contributed by atoms with Gasteiger partial charge in [-0.3, -0.25) is 9.59 Å². The summed E-state index contributed by atoms with van der Waals surface area (Å²) in [4.78, 5) is 24.9. The van der Waals surface area contributed by atoms with E-state index in [1.807, 2.05) is 13.8 Å². The lowest BCUT2D eigenvalue weighted by Gasteiger charge is -2.22. The zero-order valence-electron chi connectivity index (χ0n) is 16.5. The SMILES string of the molecule is CC[C@@H](C)[C@@H](NS(=O)(=O)c1ccc(C)cc1)C(=O)OCC(=O)c1ccc(Br)cc1. The molecule has 0 aliphatic heterocycles. The molecule has 2 aromatic rings. The number of nitrogens with one attached hydrogen (secondary N) is 1. The molecule has 0 radical (unpaired) electrons. The van der Waals surface area contributed by atoms with Crippen LogP contribution in [0.5, 0.6) is 0 Å². The number of esters is 1. The van der Waals surface area contributed by atoms with Crippen LogP contribution in [0, 0.1) is 12.8 Å². The summed E-state index contributed by atoms with van der Waals surface area (Å²) in [6.07, 6.45) is 0.552. The van der Waals surface area contributed by atoms with Crippen molar-refractivity contribution in [3.05, 3.63) is 64.1 Å². The summed E-state index contributed by atoms with van der Waals surface area (Å²) < 4.78 is 33.8. The molecule has 0 aromatic heterocycles. The first-order chi connectivity index (χ1) is 13.6. The molecular weight excluding hydrogens is 458 g/mol. The third-order valence-electron chi connectivity index (χ3n) is 4.59. The van der Waals surface area contributed by atoms with Gasteiger partial charge in [-0.1, -0.05) is 66.0 Å². The lowest BCUT2D eigenvalue weighted by atomic mass is 10.0. The largest absolute Gasteiger partial charge is 0.456 e. The summed E-state index contributed by atoms with van der Waals surface area (Å²) in [7, 11) is -3.91. The summed E-state index contributed by atoms with van der Waals surface area (Å²) in [6, 6.07) is 11.9. The van der Waals surface area contributed by atoms with Crippen molar-refractivity contribution in [3.8, 4) is 0 Å². The summed E-state index contributed by atoms with van der Waals surface area (Å²) in [5.41, 5.74) is 1.33. The van der Waals surface area contributed by atoms with Crippen LogP contribution in [0.4, 0.5) is 0 Å². The number of halogens is 1. The minimum atomic E-state index is -3.91. The number of ketones is 1. The Balaban J connectivity index is 2.10. The molecule has 8 heteroatoms. The highest BCUT2D eigenvalue weighted by Gasteiger charge is 2.31. The van der Waals surface area contributed by atoms with Crippen LogP contribution in [0.25, 0.3) is 0 Å². The van der Waals surface area contributed by atoms with Gasteiger partial charge < -0.3 is 4.74 Å². The average molecular weight is 482 g/mol. The molecule has 0 bridgehead atoms. The Bertz CT molecular complexity index is 956. The fourth-order valence-electron chi connectivity index (χ4n) is 2.53. The first-order valence-corrected chi connectivity index (χ1v) is 11.5. The van der Waals surface area contributed by atoms with Gasteiger partial charge in [0.1, 0.15) is 6.04 Å². The third-order valence-corrected chi connectivity index (χ3v) is 6.58. The molecule has 2 atom stereocenters. The fourth-order valence-corrected chi connectivity index (χ4v) is 4.09. The predicted octanol–water partition coefficient (Wildman–Crippen LogP) is 3.88. The van der Waals surface area contributed by atoms with E-state index in [0.717, 1.165) is 10.0 Å². The maximum atomic E-state index is 12.7. The normalized spacial score (nSPS) is 13.5. The predicted molar refractivity (Wildman–Crippen MR) is 114 cm³/mol. The van der Waals surface area contributed by atoms with Crippen molar-refractivity contribution in [2.45, 2.75) is 38.1 Å². The van der Waals surface area contributed by atoms with Crippen LogP contribution >= 0.6 is 15.9 Å². The Morgan fingerprint density at radius 1 is 1.07 bits per heavy atom. The van der Waals surface area contributed by atoms with E-state index in [0.29, 0.717) is 12.0 Å². The van der Waals surface area contributed by atoms with Crippen molar-refractivity contribution >= 4 is 37.7 Å². The number of hydrogen-bond acceptors (Lipinski definition) is 5. The van der Waals surface area contributed by atoms with Crippen molar-refractivity contribution in [1.82, 2.24) is 4.72 Å². The molecular formula is C21H24BrNO5S. The number of carbonyl (C=O) groups excluding carboxylic acids is 2. The maximum Gasteiger partial charge on any atom is 0.324 e. The van der Waals surface area contributed by atoms with E-state index in [9.17, 15) is 18.0 Å². The molecule has 0 fully saturated rings. The van der Waals surface area contributed by atoms with E-state index in [1.54, 1.807) is 43.3 Å². The highest BCUT2D eigenvalue weighted by atomic mass is 79.9. The molecule has 0 spiro atoms. The zero-order valence-corrected chi connectivity index (χ0v) is 18.9. The molecule has 0 aliphatic carbocycles. The van der Waals surface area contributed by atoms with E-state index >= 15 is 0 Å². The highest BCUT2D eigenvalue weighted by molar-refractivity contribution is 9.10. The lowest BCUT2D eigenvalue weighted by molar-refractivity contribution is -0.145. The van der Waals surface area contributed by atoms with Crippen LogP contribution in [-0.2, 0) is 19.6 Å². The van der Waals surface area contributed by atoms with Crippen LogP contribution in [-0.4, -0.2) is 32.8 Å². The van der Waals surface area contributed by atoms with Crippen LogP contribution in [0.15, 0.2) is 57.9 Å². The molecule has 2 rings (SSSR count). The van der Waals surface area contributed by atoms with Crippen LogP contribution in [0.2, 0.25) is 0 Å². The number of Topliss-reactive ketones (excluding diaryl/α,β-unsaturated/α-hetero) is 1. The van der Waals surface area contributed by atoms with Crippen LogP contribution in [0.1, 0.15) is 36.2 Å². The second-order valence-electron chi connectivity index (χ2n) is 6.84. The Hall–Kier alpha value is -2.03. The van der Waals surface area contributed by atoms with Crippen molar-refractivity contribution in [2.75, 3.05) is 6.61 Å². The summed E-state index contributed by atoms with van der Waals surface area (Å²) >= 11 is 3.29.